The molecule has 0 amide bonds. The molecule has 2 unspecified atom stereocenters. The maximum Gasteiger partial charge on any atom is 0.174 e. The van der Waals surface area contributed by atoms with Crippen LogP contribution in [0.3, 0.4) is 0 Å². The number of ether oxygens (including phenoxy) is 1. The van der Waals surface area contributed by atoms with Crippen LogP contribution in [0.1, 0.15) is 26.7 Å². The molecule has 4 heteroatoms. The summed E-state index contributed by atoms with van der Waals surface area (Å²) >= 11 is 1.63. The predicted octanol–water partition coefficient (Wildman–Crippen LogP) is 5.30. The fourth-order valence-electron chi connectivity index (χ4n) is 3.34. The lowest BCUT2D eigenvalue weighted by atomic mass is 9.89. The second-order valence-electron chi connectivity index (χ2n) is 6.76. The van der Waals surface area contributed by atoms with Gasteiger partial charge in [-0.2, -0.15) is 0 Å². The minimum absolute atomic E-state index is 0.0730. The van der Waals surface area contributed by atoms with Crippen LogP contribution in [0.5, 0.6) is 5.75 Å². The lowest BCUT2D eigenvalue weighted by molar-refractivity contribution is 0.0827. The number of anilines is 1. The summed E-state index contributed by atoms with van der Waals surface area (Å²) in [7, 11) is 0. The van der Waals surface area contributed by atoms with E-state index in [4.69, 9.17) is 10.5 Å². The molecular weight excluding hydrogens is 354 g/mol. The molecule has 0 aliphatic carbocycles. The van der Waals surface area contributed by atoms with Crippen LogP contribution >= 0.6 is 11.8 Å². The Morgan fingerprint density at radius 1 is 1.00 bits per heavy atom. The van der Waals surface area contributed by atoms with Crippen LogP contribution in [0.15, 0.2) is 77.7 Å². The number of para-hydroxylation sites is 2. The first-order valence-corrected chi connectivity index (χ1v) is 9.85. The first-order chi connectivity index (χ1) is 13.1. The second kappa shape index (κ2) is 7.49. The number of carbonyl (C=O) groups is 1. The smallest absolute Gasteiger partial charge is 0.174 e. The molecule has 0 saturated carbocycles. The number of carbonyl (C=O) groups excluding carboxylic acids is 1. The number of aryl methyl sites for hydroxylation is 1. The Morgan fingerprint density at radius 2 is 1.70 bits per heavy atom. The van der Waals surface area contributed by atoms with Gasteiger partial charge in [0.1, 0.15) is 5.75 Å². The molecule has 3 aromatic rings. The lowest BCUT2D eigenvalue weighted by Crippen LogP contribution is -2.31. The zero-order chi connectivity index (χ0) is 18.8. The molecule has 1 aliphatic rings. The van der Waals surface area contributed by atoms with Crippen LogP contribution in [-0.4, -0.2) is 12.4 Å². The molecular formula is C23H21NO2S. The monoisotopic (exact) mass is 375 g/mol. The van der Waals surface area contributed by atoms with E-state index in [1.54, 1.807) is 11.8 Å². The van der Waals surface area contributed by atoms with E-state index in [-0.39, 0.29) is 17.0 Å². The van der Waals surface area contributed by atoms with Crippen molar-refractivity contribution in [1.29, 1.82) is 0 Å². The summed E-state index contributed by atoms with van der Waals surface area (Å²) in [5, 5.41) is -0.0730. The summed E-state index contributed by atoms with van der Waals surface area (Å²) in [4.78, 5) is 14.2. The van der Waals surface area contributed by atoms with Gasteiger partial charge in [-0.3, -0.25) is 4.79 Å². The standard InChI is InChI=1S/C23H21NO2S/c1-15-10-12-16(13-11-15)23(27-21-9-5-3-7-19(21)24)18-14-26-20-8-4-2-6-17(20)22(18)25/h2-13,18,23H,14,24H2,1H3. The van der Waals surface area contributed by atoms with Crippen LogP contribution < -0.4 is 10.5 Å². The minimum atomic E-state index is -0.271. The van der Waals surface area contributed by atoms with Gasteiger partial charge in [-0.15, -0.1) is 11.8 Å². The van der Waals surface area contributed by atoms with Crippen molar-refractivity contribution < 1.29 is 9.53 Å². The highest BCUT2D eigenvalue weighted by Crippen LogP contribution is 2.46. The molecule has 3 nitrogen and oxygen atoms in total. The number of thioether (sulfide) groups is 1. The number of fused-ring (bicyclic) bond motifs is 1. The average Bonchev–Trinajstić information content (AvgIpc) is 2.69. The highest BCUT2D eigenvalue weighted by atomic mass is 32.2. The number of rotatable bonds is 4. The van der Waals surface area contributed by atoms with E-state index in [0.29, 0.717) is 17.9 Å². The number of Topliss-reactive ketones (excluding diaryl/α,β-unsaturated/α-hetero) is 1. The number of nitrogens with two attached hydrogens (primary N) is 1. The molecule has 0 radical (unpaired) electrons. The fraction of sp³-hybridized carbons (Fsp3) is 0.174. The van der Waals surface area contributed by atoms with Gasteiger partial charge in [-0.25, -0.2) is 0 Å². The third-order valence-electron chi connectivity index (χ3n) is 4.85. The van der Waals surface area contributed by atoms with Crippen molar-refractivity contribution in [2.24, 2.45) is 5.92 Å². The van der Waals surface area contributed by atoms with Gasteiger partial charge in [0.2, 0.25) is 0 Å². The van der Waals surface area contributed by atoms with E-state index in [1.807, 2.05) is 48.5 Å². The van der Waals surface area contributed by atoms with Crippen LogP contribution in [0.25, 0.3) is 0 Å². The van der Waals surface area contributed by atoms with Crippen molar-refractivity contribution >= 4 is 23.2 Å². The molecule has 2 N–H and O–H groups in total. The molecule has 0 saturated heterocycles. The fourth-order valence-corrected chi connectivity index (χ4v) is 4.63. The Hall–Kier alpha value is -2.72. The number of hydrogen-bond acceptors (Lipinski definition) is 4. The third-order valence-corrected chi connectivity index (χ3v) is 6.33. The summed E-state index contributed by atoms with van der Waals surface area (Å²) in [6, 6.07) is 23.6. The van der Waals surface area contributed by atoms with E-state index in [1.165, 1.54) is 5.56 Å². The Morgan fingerprint density at radius 3 is 2.48 bits per heavy atom. The van der Waals surface area contributed by atoms with Crippen molar-refractivity contribution in [3.63, 3.8) is 0 Å². The lowest BCUT2D eigenvalue weighted by Gasteiger charge is -2.30. The van der Waals surface area contributed by atoms with E-state index in [2.05, 4.69) is 31.2 Å². The Bertz CT molecular complexity index is 968. The van der Waals surface area contributed by atoms with Crippen LogP contribution in [0, 0.1) is 12.8 Å². The summed E-state index contributed by atoms with van der Waals surface area (Å²) in [6.07, 6.45) is 0. The Labute approximate surface area is 163 Å². The molecule has 3 aromatic carbocycles. The van der Waals surface area contributed by atoms with Gasteiger partial charge >= 0.3 is 0 Å². The quantitative estimate of drug-likeness (QED) is 0.496. The van der Waals surface area contributed by atoms with Crippen molar-refractivity contribution in [3.8, 4) is 5.75 Å². The Balaban J connectivity index is 1.73. The van der Waals surface area contributed by atoms with Crippen molar-refractivity contribution in [2.45, 2.75) is 17.1 Å². The molecule has 4 rings (SSSR count). The molecule has 0 fully saturated rings. The van der Waals surface area contributed by atoms with Gasteiger partial charge in [0.15, 0.2) is 5.78 Å². The molecule has 0 bridgehead atoms. The Kier molecular flexibility index (Phi) is 4.90. The normalized spacial score (nSPS) is 17.1. The van der Waals surface area contributed by atoms with Crippen molar-refractivity contribution in [2.75, 3.05) is 12.3 Å². The molecule has 27 heavy (non-hydrogen) atoms. The van der Waals surface area contributed by atoms with Gasteiger partial charge in [0, 0.05) is 15.8 Å². The summed E-state index contributed by atoms with van der Waals surface area (Å²) in [5.74, 6) is 0.530. The number of nitrogen functional groups attached to an aromatic ring is 1. The van der Waals surface area contributed by atoms with Crippen LogP contribution in [-0.2, 0) is 0 Å². The topological polar surface area (TPSA) is 52.3 Å². The largest absolute Gasteiger partial charge is 0.492 e. The molecule has 136 valence electrons. The molecule has 1 heterocycles. The molecule has 1 aliphatic heterocycles. The highest BCUT2D eigenvalue weighted by Gasteiger charge is 2.36. The van der Waals surface area contributed by atoms with Gasteiger partial charge in [-0.05, 0) is 36.8 Å². The van der Waals surface area contributed by atoms with Crippen LogP contribution in [0.4, 0.5) is 5.69 Å². The summed E-state index contributed by atoms with van der Waals surface area (Å²) in [6.45, 7) is 2.43. The maximum absolute atomic E-state index is 13.2. The molecule has 0 aromatic heterocycles. The summed E-state index contributed by atoms with van der Waals surface area (Å²) < 4.78 is 5.94. The van der Waals surface area contributed by atoms with E-state index in [9.17, 15) is 4.79 Å². The minimum Gasteiger partial charge on any atom is -0.492 e. The van der Waals surface area contributed by atoms with Gasteiger partial charge in [0.25, 0.3) is 0 Å². The van der Waals surface area contributed by atoms with Crippen molar-refractivity contribution in [1.82, 2.24) is 0 Å². The number of ketones is 1. The highest BCUT2D eigenvalue weighted by molar-refractivity contribution is 7.99. The first kappa shape index (κ1) is 17.7. The predicted molar refractivity (Wildman–Crippen MR) is 110 cm³/mol. The zero-order valence-corrected chi connectivity index (χ0v) is 15.9. The van der Waals surface area contributed by atoms with Crippen molar-refractivity contribution in [3.05, 3.63) is 89.5 Å². The SMILES string of the molecule is Cc1ccc(C(Sc2ccccc2N)C2COc3ccccc3C2=O)cc1. The third kappa shape index (κ3) is 3.58. The first-order valence-electron chi connectivity index (χ1n) is 8.97. The molecule has 2 atom stereocenters. The van der Waals surface area contributed by atoms with E-state index >= 15 is 0 Å². The average molecular weight is 375 g/mol. The number of hydrogen-bond donors (Lipinski definition) is 1. The van der Waals surface area contributed by atoms with E-state index < -0.39 is 0 Å². The maximum atomic E-state index is 13.2. The van der Waals surface area contributed by atoms with E-state index in [0.717, 1.165) is 16.1 Å². The van der Waals surface area contributed by atoms with Gasteiger partial charge in [0.05, 0.1) is 18.1 Å². The molecule has 0 spiro atoms. The zero-order valence-electron chi connectivity index (χ0n) is 15.1. The van der Waals surface area contributed by atoms with Gasteiger partial charge in [-0.1, -0.05) is 54.1 Å². The second-order valence-corrected chi connectivity index (χ2v) is 7.95. The number of benzene rings is 3. The van der Waals surface area contributed by atoms with Crippen LogP contribution in [0.2, 0.25) is 0 Å². The van der Waals surface area contributed by atoms with Gasteiger partial charge < -0.3 is 10.5 Å². The summed E-state index contributed by atoms with van der Waals surface area (Å²) in [5.41, 5.74) is 9.86.